The van der Waals surface area contributed by atoms with Crippen molar-refractivity contribution in [3.05, 3.63) is 15.6 Å². The summed E-state index contributed by atoms with van der Waals surface area (Å²) in [5.41, 5.74) is 7.21. The van der Waals surface area contributed by atoms with Crippen LogP contribution in [0.5, 0.6) is 0 Å². The van der Waals surface area contributed by atoms with E-state index in [-0.39, 0.29) is 6.04 Å². The van der Waals surface area contributed by atoms with Crippen molar-refractivity contribution in [3.63, 3.8) is 0 Å². The Morgan fingerprint density at radius 2 is 1.94 bits per heavy atom. The van der Waals surface area contributed by atoms with Crippen LogP contribution < -0.4 is 11.1 Å². The van der Waals surface area contributed by atoms with Gasteiger partial charge in [0.05, 0.1) is 10.7 Å². The van der Waals surface area contributed by atoms with Crippen LogP contribution in [-0.2, 0) is 0 Å². The van der Waals surface area contributed by atoms with Crippen LogP contribution in [0.3, 0.4) is 0 Å². The van der Waals surface area contributed by atoms with E-state index >= 15 is 0 Å². The quantitative estimate of drug-likeness (QED) is 0.822. The molecule has 1 aromatic heterocycles. The third-order valence-electron chi connectivity index (χ3n) is 2.79. The van der Waals surface area contributed by atoms with Crippen LogP contribution in [0.25, 0.3) is 0 Å². The molecule has 0 aromatic carbocycles. The number of nitrogens with one attached hydrogen (secondary N) is 1. The molecular weight excluding hydrogens is 230 g/mol. The summed E-state index contributed by atoms with van der Waals surface area (Å²) < 4.78 is 0. The van der Waals surface area contributed by atoms with Crippen LogP contribution in [-0.4, -0.2) is 17.6 Å². The van der Waals surface area contributed by atoms with Crippen LogP contribution in [0.4, 0.5) is 0 Å². The summed E-state index contributed by atoms with van der Waals surface area (Å²) in [5.74, 6) is 0.662. The fraction of sp³-hybridized carbons (Fsp3) is 0.769. The van der Waals surface area contributed by atoms with Crippen molar-refractivity contribution in [2.24, 2.45) is 11.7 Å². The maximum absolute atomic E-state index is 6.07. The van der Waals surface area contributed by atoms with E-state index < -0.39 is 0 Å². The predicted octanol–water partition coefficient (Wildman–Crippen LogP) is 2.78. The third-order valence-corrected chi connectivity index (χ3v) is 4.05. The average molecular weight is 255 g/mol. The summed E-state index contributed by atoms with van der Waals surface area (Å²) in [7, 11) is 0. The van der Waals surface area contributed by atoms with Crippen molar-refractivity contribution in [3.8, 4) is 0 Å². The van der Waals surface area contributed by atoms with Gasteiger partial charge in [-0.05, 0) is 33.1 Å². The Bertz CT molecular complexity index is 346. The number of hydrogen-bond acceptors (Lipinski definition) is 4. The van der Waals surface area contributed by atoms with Crippen molar-refractivity contribution in [2.45, 2.75) is 53.1 Å². The van der Waals surface area contributed by atoms with Gasteiger partial charge in [-0.3, -0.25) is 0 Å². The number of rotatable bonds is 6. The fourth-order valence-corrected chi connectivity index (χ4v) is 3.01. The maximum Gasteiger partial charge on any atom is 0.0900 e. The molecule has 1 rings (SSSR count). The lowest BCUT2D eigenvalue weighted by molar-refractivity contribution is 0.447. The third kappa shape index (κ3) is 4.74. The topological polar surface area (TPSA) is 50.9 Å². The van der Waals surface area contributed by atoms with Crippen LogP contribution in [0, 0.1) is 19.8 Å². The minimum Gasteiger partial charge on any atom is -0.327 e. The molecule has 4 heteroatoms. The van der Waals surface area contributed by atoms with Gasteiger partial charge in [-0.25, -0.2) is 4.98 Å². The minimum atomic E-state index is 0.242. The highest BCUT2D eigenvalue weighted by molar-refractivity contribution is 7.11. The number of thiazole rings is 1. The summed E-state index contributed by atoms with van der Waals surface area (Å²) in [6, 6.07) is 0.589. The van der Waals surface area contributed by atoms with Gasteiger partial charge in [0.1, 0.15) is 0 Å². The summed E-state index contributed by atoms with van der Waals surface area (Å²) in [5, 5.41) is 4.64. The van der Waals surface area contributed by atoms with E-state index in [1.54, 1.807) is 11.3 Å². The second-order valence-electron chi connectivity index (χ2n) is 5.20. The molecule has 0 fully saturated rings. The highest BCUT2D eigenvalue weighted by atomic mass is 32.1. The Morgan fingerprint density at radius 3 is 2.41 bits per heavy atom. The van der Waals surface area contributed by atoms with Gasteiger partial charge in [-0.15, -0.1) is 11.3 Å². The van der Waals surface area contributed by atoms with E-state index in [1.807, 2.05) is 0 Å². The zero-order valence-corrected chi connectivity index (χ0v) is 12.4. The molecule has 98 valence electrons. The van der Waals surface area contributed by atoms with E-state index in [1.165, 1.54) is 4.88 Å². The summed E-state index contributed by atoms with van der Waals surface area (Å²) in [4.78, 5) is 5.79. The first-order valence-electron chi connectivity index (χ1n) is 6.33. The zero-order valence-electron chi connectivity index (χ0n) is 11.6. The molecule has 3 nitrogen and oxygen atoms in total. The lowest BCUT2D eigenvalue weighted by Crippen LogP contribution is -2.36. The molecule has 17 heavy (non-hydrogen) atoms. The normalized spacial score (nSPS) is 15.2. The molecule has 1 heterocycles. The molecule has 0 bridgehead atoms. The van der Waals surface area contributed by atoms with E-state index in [0.29, 0.717) is 12.0 Å². The van der Waals surface area contributed by atoms with Crippen molar-refractivity contribution < 1.29 is 0 Å². The van der Waals surface area contributed by atoms with Crippen molar-refractivity contribution in [1.82, 2.24) is 10.3 Å². The van der Waals surface area contributed by atoms with Crippen LogP contribution in [0.2, 0.25) is 0 Å². The number of nitrogens with zero attached hydrogens (tertiary/aromatic N) is 1. The smallest absolute Gasteiger partial charge is 0.0900 e. The number of nitrogens with two attached hydrogens (primary N) is 1. The molecule has 1 aromatic rings. The van der Waals surface area contributed by atoms with E-state index in [4.69, 9.17) is 5.73 Å². The molecule has 0 aliphatic rings. The maximum atomic E-state index is 6.07. The monoisotopic (exact) mass is 255 g/mol. The molecule has 2 atom stereocenters. The zero-order chi connectivity index (χ0) is 13.0. The van der Waals surface area contributed by atoms with E-state index in [2.05, 4.69) is 44.9 Å². The Balaban J connectivity index is 2.44. The van der Waals surface area contributed by atoms with Gasteiger partial charge in [-0.2, -0.15) is 0 Å². The number of hydrogen-bond donors (Lipinski definition) is 2. The first-order chi connectivity index (χ1) is 7.90. The lowest BCUT2D eigenvalue weighted by atomic mass is 10.0. The minimum absolute atomic E-state index is 0.242. The Labute approximate surface area is 109 Å². The molecule has 0 amide bonds. The van der Waals surface area contributed by atoms with E-state index in [9.17, 15) is 0 Å². The number of aromatic nitrogens is 1. The van der Waals surface area contributed by atoms with Crippen LogP contribution in [0.1, 0.15) is 48.8 Å². The second-order valence-corrected chi connectivity index (χ2v) is 6.44. The molecule has 2 unspecified atom stereocenters. The first kappa shape index (κ1) is 14.6. The standard InChI is InChI=1S/C13H25N3S/c1-8(2)6-12(14)7-15-9(3)13-10(4)16-11(5)17-13/h8-9,12,15H,6-7,14H2,1-5H3. The van der Waals surface area contributed by atoms with Crippen molar-refractivity contribution in [2.75, 3.05) is 6.54 Å². The molecule has 0 saturated carbocycles. The molecule has 0 radical (unpaired) electrons. The SMILES string of the molecule is Cc1nc(C)c(C(C)NCC(N)CC(C)C)s1. The van der Waals surface area contributed by atoms with Crippen LogP contribution >= 0.6 is 11.3 Å². The van der Waals surface area contributed by atoms with Gasteiger partial charge in [0, 0.05) is 23.5 Å². The average Bonchev–Trinajstić information content (AvgIpc) is 2.53. The highest BCUT2D eigenvalue weighted by Gasteiger charge is 2.14. The Hall–Kier alpha value is -0.450. The molecule has 3 N–H and O–H groups in total. The molecule has 0 aliphatic carbocycles. The highest BCUT2D eigenvalue weighted by Crippen LogP contribution is 2.24. The van der Waals surface area contributed by atoms with Gasteiger partial charge in [0.15, 0.2) is 0 Å². The van der Waals surface area contributed by atoms with Crippen molar-refractivity contribution >= 4 is 11.3 Å². The first-order valence-corrected chi connectivity index (χ1v) is 7.14. The predicted molar refractivity (Wildman–Crippen MR) is 75.4 cm³/mol. The molecule has 0 spiro atoms. The van der Waals surface area contributed by atoms with Crippen LogP contribution in [0.15, 0.2) is 0 Å². The second kappa shape index (κ2) is 6.47. The van der Waals surface area contributed by atoms with Gasteiger partial charge in [0.25, 0.3) is 0 Å². The Morgan fingerprint density at radius 1 is 1.29 bits per heavy atom. The summed E-state index contributed by atoms with van der Waals surface area (Å²) >= 11 is 1.77. The van der Waals surface area contributed by atoms with Gasteiger partial charge in [0.2, 0.25) is 0 Å². The van der Waals surface area contributed by atoms with Gasteiger partial charge < -0.3 is 11.1 Å². The largest absolute Gasteiger partial charge is 0.327 e. The number of aryl methyl sites for hydroxylation is 2. The fourth-order valence-electron chi connectivity index (χ4n) is 2.06. The van der Waals surface area contributed by atoms with Gasteiger partial charge >= 0.3 is 0 Å². The summed E-state index contributed by atoms with van der Waals surface area (Å²) in [6.07, 6.45) is 1.07. The van der Waals surface area contributed by atoms with Crippen molar-refractivity contribution in [1.29, 1.82) is 0 Å². The summed E-state index contributed by atoms with van der Waals surface area (Å²) in [6.45, 7) is 11.6. The van der Waals surface area contributed by atoms with Gasteiger partial charge in [-0.1, -0.05) is 13.8 Å². The molecule has 0 saturated heterocycles. The lowest BCUT2D eigenvalue weighted by Gasteiger charge is -2.18. The molecule has 0 aliphatic heterocycles. The Kier molecular flexibility index (Phi) is 5.56. The molecular formula is C13H25N3S. The van der Waals surface area contributed by atoms with E-state index in [0.717, 1.165) is 23.7 Å².